The Labute approximate surface area is 196 Å². The first-order valence-corrected chi connectivity index (χ1v) is 11.9. The van der Waals surface area contributed by atoms with E-state index in [1.807, 2.05) is 6.07 Å². The van der Waals surface area contributed by atoms with E-state index in [-0.39, 0.29) is 0 Å². The first kappa shape index (κ1) is 23.3. The second-order valence-corrected chi connectivity index (χ2v) is 8.44. The van der Waals surface area contributed by atoms with Crippen molar-refractivity contribution in [1.82, 2.24) is 20.2 Å². The zero-order valence-corrected chi connectivity index (χ0v) is 19.7. The maximum Gasteiger partial charge on any atom is 0.191 e. The average Bonchev–Trinajstić information content (AvgIpc) is 3.18. The molecular weight excluding hydrogens is 414 g/mol. The number of fused-ring (bicyclic) bond motifs is 1. The predicted octanol–water partition coefficient (Wildman–Crippen LogP) is 3.80. The molecule has 33 heavy (non-hydrogen) atoms. The molecule has 0 saturated carbocycles. The van der Waals surface area contributed by atoms with Crippen LogP contribution >= 0.6 is 0 Å². The molecule has 176 valence electrons. The number of aryl methyl sites for hydroxylation is 2. The van der Waals surface area contributed by atoms with E-state index in [0.717, 1.165) is 69.4 Å². The molecule has 0 bridgehead atoms. The quantitative estimate of drug-likeness (QED) is 0.295. The minimum atomic E-state index is 0.325. The largest absolute Gasteiger partial charge is 0.381 e. The number of benzene rings is 2. The van der Waals surface area contributed by atoms with Crippen molar-refractivity contribution in [3.8, 4) is 0 Å². The number of aliphatic imine (C=N–C) groups is 1. The molecule has 2 N–H and O–H groups in total. The van der Waals surface area contributed by atoms with Crippen molar-refractivity contribution in [2.45, 2.75) is 52.0 Å². The summed E-state index contributed by atoms with van der Waals surface area (Å²) >= 11 is 0. The number of imidazole rings is 1. The highest BCUT2D eigenvalue weighted by Gasteiger charge is 2.14. The Balaban J connectivity index is 1.17. The fraction of sp³-hybridized carbons (Fsp3) is 0.462. The minimum absolute atomic E-state index is 0.325. The van der Waals surface area contributed by atoms with E-state index in [1.54, 1.807) is 7.05 Å². The number of nitrogens with one attached hydrogen (secondary N) is 2. The lowest BCUT2D eigenvalue weighted by Gasteiger charge is -2.22. The van der Waals surface area contributed by atoms with Gasteiger partial charge >= 0.3 is 0 Å². The molecule has 1 aromatic heterocycles. The van der Waals surface area contributed by atoms with Gasteiger partial charge in [0.2, 0.25) is 0 Å². The van der Waals surface area contributed by atoms with Crippen molar-refractivity contribution in [3.05, 3.63) is 65.5 Å². The summed E-state index contributed by atoms with van der Waals surface area (Å²) in [4.78, 5) is 8.99. The maximum absolute atomic E-state index is 6.01. The molecule has 1 aliphatic rings. The van der Waals surface area contributed by atoms with Gasteiger partial charge in [-0.05, 0) is 49.4 Å². The van der Waals surface area contributed by atoms with Crippen molar-refractivity contribution in [2.24, 2.45) is 4.99 Å². The first-order chi connectivity index (χ1) is 16.2. The van der Waals surface area contributed by atoms with Crippen molar-refractivity contribution in [3.63, 3.8) is 0 Å². The molecule has 1 aliphatic heterocycles. The number of aromatic nitrogens is 2. The minimum Gasteiger partial charge on any atom is -0.381 e. The zero-order chi connectivity index (χ0) is 22.9. The van der Waals surface area contributed by atoms with Gasteiger partial charge in [-0.1, -0.05) is 36.4 Å². The molecule has 0 radical (unpaired) electrons. The zero-order valence-electron chi connectivity index (χ0n) is 19.7. The van der Waals surface area contributed by atoms with Crippen LogP contribution in [0.4, 0.5) is 0 Å². The van der Waals surface area contributed by atoms with Crippen molar-refractivity contribution >= 4 is 17.0 Å². The second-order valence-electron chi connectivity index (χ2n) is 8.44. The van der Waals surface area contributed by atoms with Gasteiger partial charge in [-0.2, -0.15) is 0 Å². The predicted molar refractivity (Wildman–Crippen MR) is 132 cm³/mol. The Morgan fingerprint density at radius 3 is 2.64 bits per heavy atom. The van der Waals surface area contributed by atoms with Gasteiger partial charge < -0.3 is 24.7 Å². The van der Waals surface area contributed by atoms with Gasteiger partial charge in [-0.3, -0.25) is 4.99 Å². The van der Waals surface area contributed by atoms with Gasteiger partial charge in [0.05, 0.1) is 23.7 Å². The van der Waals surface area contributed by atoms with Gasteiger partial charge in [0.1, 0.15) is 5.82 Å². The van der Waals surface area contributed by atoms with Gasteiger partial charge in [-0.15, -0.1) is 0 Å². The molecule has 0 atom stereocenters. The summed E-state index contributed by atoms with van der Waals surface area (Å²) in [6.45, 7) is 6.84. The van der Waals surface area contributed by atoms with Gasteiger partial charge in [0.25, 0.3) is 0 Å². The second kappa shape index (κ2) is 11.8. The Morgan fingerprint density at radius 2 is 1.85 bits per heavy atom. The number of nitrogens with zero attached hydrogens (tertiary/aromatic N) is 3. The molecule has 0 spiro atoms. The molecule has 1 saturated heterocycles. The monoisotopic (exact) mass is 449 g/mol. The van der Waals surface area contributed by atoms with E-state index in [2.05, 4.69) is 74.6 Å². The number of para-hydroxylation sites is 2. The highest BCUT2D eigenvalue weighted by Crippen LogP contribution is 2.16. The standard InChI is InChI=1S/C26H35N5O2/c1-20-30-24-6-3-4-7-25(24)31(20)15-5-14-28-26(27-2)29-18-21-8-10-22(11-9-21)19-33-23-12-16-32-17-13-23/h3-4,6-11,23H,5,12-19H2,1-2H3,(H2,27,28,29). The lowest BCUT2D eigenvalue weighted by atomic mass is 10.1. The van der Waals surface area contributed by atoms with E-state index in [1.165, 1.54) is 16.6 Å². The SMILES string of the molecule is CN=C(NCCCn1c(C)nc2ccccc21)NCc1ccc(COC2CCOCC2)cc1. The summed E-state index contributed by atoms with van der Waals surface area (Å²) < 4.78 is 13.7. The topological polar surface area (TPSA) is 72.7 Å². The number of ether oxygens (including phenoxy) is 2. The van der Waals surface area contributed by atoms with Crippen LogP contribution in [-0.2, 0) is 29.2 Å². The average molecular weight is 450 g/mol. The summed E-state index contributed by atoms with van der Waals surface area (Å²) in [6.07, 6.45) is 3.30. The third-order valence-corrected chi connectivity index (χ3v) is 6.06. The van der Waals surface area contributed by atoms with Crippen LogP contribution in [0.2, 0.25) is 0 Å². The summed E-state index contributed by atoms with van der Waals surface area (Å²) in [5.41, 5.74) is 4.67. The Hall–Kier alpha value is -2.90. The van der Waals surface area contributed by atoms with E-state index < -0.39 is 0 Å². The fourth-order valence-corrected chi connectivity index (χ4v) is 4.14. The lowest BCUT2D eigenvalue weighted by Crippen LogP contribution is -2.37. The first-order valence-electron chi connectivity index (χ1n) is 11.9. The summed E-state index contributed by atoms with van der Waals surface area (Å²) in [5.74, 6) is 1.87. The van der Waals surface area contributed by atoms with E-state index >= 15 is 0 Å². The molecule has 2 aromatic carbocycles. The van der Waals surface area contributed by atoms with Crippen molar-refractivity contribution < 1.29 is 9.47 Å². The normalized spacial score (nSPS) is 15.2. The molecule has 7 heteroatoms. The van der Waals surface area contributed by atoms with Crippen LogP contribution in [-0.4, -0.2) is 48.4 Å². The van der Waals surface area contributed by atoms with Gasteiger partial charge in [-0.25, -0.2) is 4.98 Å². The molecule has 1 fully saturated rings. The van der Waals surface area contributed by atoms with Gasteiger partial charge in [0, 0.05) is 39.9 Å². The lowest BCUT2D eigenvalue weighted by molar-refractivity contribution is -0.0390. The number of hydrogen-bond acceptors (Lipinski definition) is 4. The van der Waals surface area contributed by atoms with Crippen LogP contribution in [0.25, 0.3) is 11.0 Å². The van der Waals surface area contributed by atoms with Crippen LogP contribution in [0.15, 0.2) is 53.5 Å². The third-order valence-electron chi connectivity index (χ3n) is 6.06. The van der Waals surface area contributed by atoms with E-state index in [0.29, 0.717) is 12.7 Å². The van der Waals surface area contributed by atoms with Crippen molar-refractivity contribution in [1.29, 1.82) is 0 Å². The molecule has 0 amide bonds. The summed E-state index contributed by atoms with van der Waals surface area (Å²) in [6, 6.07) is 16.9. The van der Waals surface area contributed by atoms with Crippen LogP contribution in [0.5, 0.6) is 0 Å². The molecule has 3 aromatic rings. The number of guanidine groups is 1. The maximum atomic E-state index is 6.01. The Bertz CT molecular complexity index is 1040. The van der Waals surface area contributed by atoms with Crippen LogP contribution in [0.1, 0.15) is 36.2 Å². The number of hydrogen-bond donors (Lipinski definition) is 2. The molecule has 0 aliphatic carbocycles. The molecule has 4 rings (SSSR count). The highest BCUT2D eigenvalue weighted by atomic mass is 16.5. The molecule has 7 nitrogen and oxygen atoms in total. The van der Waals surface area contributed by atoms with Gasteiger partial charge in [0.15, 0.2) is 5.96 Å². The Kier molecular flexibility index (Phi) is 8.33. The van der Waals surface area contributed by atoms with E-state index in [4.69, 9.17) is 9.47 Å². The van der Waals surface area contributed by atoms with Crippen LogP contribution in [0.3, 0.4) is 0 Å². The fourth-order valence-electron chi connectivity index (χ4n) is 4.14. The summed E-state index contributed by atoms with van der Waals surface area (Å²) in [5, 5.41) is 6.81. The molecular formula is C26H35N5O2. The molecule has 0 unspecified atom stereocenters. The summed E-state index contributed by atoms with van der Waals surface area (Å²) in [7, 11) is 1.81. The van der Waals surface area contributed by atoms with Crippen molar-refractivity contribution in [2.75, 3.05) is 26.8 Å². The highest BCUT2D eigenvalue weighted by molar-refractivity contribution is 5.79. The van der Waals surface area contributed by atoms with Crippen LogP contribution < -0.4 is 10.6 Å². The van der Waals surface area contributed by atoms with Crippen LogP contribution in [0, 0.1) is 6.92 Å². The Morgan fingerprint density at radius 1 is 1.09 bits per heavy atom. The third kappa shape index (κ3) is 6.55. The van der Waals surface area contributed by atoms with E-state index in [9.17, 15) is 0 Å². The number of rotatable bonds is 9. The smallest absolute Gasteiger partial charge is 0.191 e. The molecule has 2 heterocycles.